The molecular formula is C16H17N3O. The number of benzene rings is 1. The molecule has 0 saturated heterocycles. The molecule has 1 aromatic carbocycles. The number of aromatic nitrogens is 2. The Bertz CT molecular complexity index is 672. The normalized spacial score (nSPS) is 17.7. The van der Waals surface area contributed by atoms with Crippen LogP contribution in [-0.2, 0) is 18.3 Å². The average Bonchev–Trinajstić information content (AvgIpc) is 2.98. The first-order chi connectivity index (χ1) is 9.65. The third-order valence-corrected chi connectivity index (χ3v) is 3.59. The molecule has 4 nitrogen and oxygen atoms in total. The molecule has 1 aliphatic heterocycles. The first-order valence-electron chi connectivity index (χ1n) is 6.73. The number of rotatable bonds is 2. The molecule has 0 saturated carbocycles. The second-order valence-corrected chi connectivity index (χ2v) is 5.17. The van der Waals surface area contributed by atoms with Gasteiger partial charge in [-0.1, -0.05) is 18.2 Å². The van der Waals surface area contributed by atoms with E-state index in [4.69, 9.17) is 0 Å². The summed E-state index contributed by atoms with van der Waals surface area (Å²) in [4.78, 5) is 14.3. The summed E-state index contributed by atoms with van der Waals surface area (Å²) in [6, 6.07) is 8.30. The highest BCUT2D eigenvalue weighted by molar-refractivity contribution is 6.05. The molecule has 1 atom stereocenters. The number of carbonyl (C=O) groups excluding carboxylic acids is 1. The van der Waals surface area contributed by atoms with Crippen LogP contribution in [0, 0.1) is 0 Å². The lowest BCUT2D eigenvalue weighted by Crippen LogP contribution is -2.34. The van der Waals surface area contributed by atoms with E-state index in [0.717, 1.165) is 17.7 Å². The Morgan fingerprint density at radius 3 is 2.95 bits per heavy atom. The number of fused-ring (bicyclic) bond motifs is 1. The van der Waals surface area contributed by atoms with Crippen LogP contribution in [0.25, 0.3) is 6.08 Å². The zero-order valence-corrected chi connectivity index (χ0v) is 11.7. The highest BCUT2D eigenvalue weighted by Gasteiger charge is 2.29. The maximum absolute atomic E-state index is 12.4. The van der Waals surface area contributed by atoms with E-state index in [9.17, 15) is 4.79 Å². The summed E-state index contributed by atoms with van der Waals surface area (Å²) in [7, 11) is 1.86. The van der Waals surface area contributed by atoms with E-state index in [1.54, 1.807) is 17.0 Å². The van der Waals surface area contributed by atoms with E-state index >= 15 is 0 Å². The third kappa shape index (κ3) is 2.25. The Balaban J connectivity index is 1.82. The maximum atomic E-state index is 12.4. The fraction of sp³-hybridized carbons (Fsp3) is 0.250. The van der Waals surface area contributed by atoms with E-state index < -0.39 is 0 Å². The summed E-state index contributed by atoms with van der Waals surface area (Å²) in [6.45, 7) is 2.08. The Kier molecular flexibility index (Phi) is 3.14. The Morgan fingerprint density at radius 2 is 2.20 bits per heavy atom. The molecule has 20 heavy (non-hydrogen) atoms. The van der Waals surface area contributed by atoms with Crippen LogP contribution < -0.4 is 4.90 Å². The van der Waals surface area contributed by atoms with Gasteiger partial charge in [-0.05, 0) is 31.1 Å². The quantitative estimate of drug-likeness (QED) is 0.784. The number of nitrogens with zero attached hydrogens (tertiary/aromatic N) is 3. The molecule has 4 heteroatoms. The van der Waals surface area contributed by atoms with E-state index in [1.807, 2.05) is 42.4 Å². The third-order valence-electron chi connectivity index (χ3n) is 3.59. The standard InChI is InChI=1S/C16H17N3O/c1-12-9-14-5-3-4-6-15(14)19(12)16(20)8-7-13-10-17-18(2)11-13/h3-8,10-12H,9H2,1-2H3/b8-7+/t12-/m0/s1. The number of aryl methyl sites for hydroxylation is 1. The minimum atomic E-state index is 0.0197. The fourth-order valence-electron chi connectivity index (χ4n) is 2.68. The van der Waals surface area contributed by atoms with Gasteiger partial charge in [0, 0.05) is 36.6 Å². The van der Waals surface area contributed by atoms with Crippen molar-refractivity contribution in [1.82, 2.24) is 9.78 Å². The molecule has 0 bridgehead atoms. The summed E-state index contributed by atoms with van der Waals surface area (Å²) < 4.78 is 1.72. The minimum absolute atomic E-state index is 0.0197. The molecule has 102 valence electrons. The molecular weight excluding hydrogens is 250 g/mol. The van der Waals surface area contributed by atoms with Gasteiger partial charge in [0.25, 0.3) is 5.91 Å². The number of amides is 1. The van der Waals surface area contributed by atoms with Crippen LogP contribution >= 0.6 is 0 Å². The van der Waals surface area contributed by atoms with Gasteiger partial charge in [0.1, 0.15) is 0 Å². The van der Waals surface area contributed by atoms with Crippen LogP contribution in [0.2, 0.25) is 0 Å². The van der Waals surface area contributed by atoms with Gasteiger partial charge < -0.3 is 4.90 Å². The Labute approximate surface area is 118 Å². The second-order valence-electron chi connectivity index (χ2n) is 5.17. The first-order valence-corrected chi connectivity index (χ1v) is 6.73. The van der Waals surface area contributed by atoms with Crippen molar-refractivity contribution in [2.45, 2.75) is 19.4 Å². The number of para-hydroxylation sites is 1. The van der Waals surface area contributed by atoms with E-state index in [-0.39, 0.29) is 11.9 Å². The predicted molar refractivity (Wildman–Crippen MR) is 79.3 cm³/mol. The summed E-state index contributed by atoms with van der Waals surface area (Å²) in [5.41, 5.74) is 3.20. The van der Waals surface area contributed by atoms with Crippen LogP contribution in [0.1, 0.15) is 18.1 Å². The highest BCUT2D eigenvalue weighted by Crippen LogP contribution is 2.31. The summed E-state index contributed by atoms with van der Waals surface area (Å²) in [5.74, 6) is 0.0197. The van der Waals surface area contributed by atoms with E-state index in [1.165, 1.54) is 5.56 Å². The molecule has 2 heterocycles. The van der Waals surface area contributed by atoms with Crippen LogP contribution in [0.5, 0.6) is 0 Å². The van der Waals surface area contributed by atoms with Crippen molar-refractivity contribution < 1.29 is 4.79 Å². The van der Waals surface area contributed by atoms with E-state index in [2.05, 4.69) is 18.1 Å². The molecule has 1 aliphatic rings. The molecule has 3 rings (SSSR count). The summed E-state index contributed by atoms with van der Waals surface area (Å²) >= 11 is 0. The zero-order chi connectivity index (χ0) is 14.1. The maximum Gasteiger partial charge on any atom is 0.251 e. The van der Waals surface area contributed by atoms with E-state index in [0.29, 0.717) is 0 Å². The van der Waals surface area contributed by atoms with Crippen LogP contribution in [0.15, 0.2) is 42.7 Å². The van der Waals surface area contributed by atoms with Gasteiger partial charge in [0.2, 0.25) is 0 Å². The van der Waals surface area contributed by atoms with Gasteiger partial charge in [-0.3, -0.25) is 9.48 Å². The molecule has 0 fully saturated rings. The zero-order valence-electron chi connectivity index (χ0n) is 11.7. The van der Waals surface area contributed by atoms with Gasteiger partial charge in [0.15, 0.2) is 0 Å². The average molecular weight is 267 g/mol. The molecule has 0 spiro atoms. The number of anilines is 1. The molecule has 0 aliphatic carbocycles. The van der Waals surface area contributed by atoms with Crippen molar-refractivity contribution in [3.8, 4) is 0 Å². The van der Waals surface area contributed by atoms with Gasteiger partial charge in [0.05, 0.1) is 6.20 Å². The largest absolute Gasteiger partial charge is 0.305 e. The van der Waals surface area contributed by atoms with Crippen molar-refractivity contribution in [2.24, 2.45) is 7.05 Å². The molecule has 0 unspecified atom stereocenters. The Hall–Kier alpha value is -2.36. The lowest BCUT2D eigenvalue weighted by atomic mass is 10.1. The number of hydrogen-bond acceptors (Lipinski definition) is 2. The van der Waals surface area contributed by atoms with Crippen LogP contribution in [0.3, 0.4) is 0 Å². The van der Waals surface area contributed by atoms with Gasteiger partial charge in [-0.2, -0.15) is 5.10 Å². The van der Waals surface area contributed by atoms with Crippen molar-refractivity contribution >= 4 is 17.7 Å². The van der Waals surface area contributed by atoms with Gasteiger partial charge >= 0.3 is 0 Å². The monoisotopic (exact) mass is 267 g/mol. The number of hydrogen-bond donors (Lipinski definition) is 0. The topological polar surface area (TPSA) is 38.1 Å². The van der Waals surface area contributed by atoms with Crippen molar-refractivity contribution in [3.05, 3.63) is 53.9 Å². The molecule has 2 aromatic rings. The lowest BCUT2D eigenvalue weighted by molar-refractivity contribution is -0.114. The SMILES string of the molecule is C[C@H]1Cc2ccccc2N1C(=O)/C=C/c1cnn(C)c1. The Morgan fingerprint density at radius 1 is 1.40 bits per heavy atom. The van der Waals surface area contributed by atoms with Crippen molar-refractivity contribution in [1.29, 1.82) is 0 Å². The van der Waals surface area contributed by atoms with Crippen molar-refractivity contribution in [2.75, 3.05) is 4.90 Å². The molecule has 1 aromatic heterocycles. The summed E-state index contributed by atoms with van der Waals surface area (Å²) in [5, 5.41) is 4.08. The number of carbonyl (C=O) groups is 1. The molecule has 1 amide bonds. The smallest absolute Gasteiger partial charge is 0.251 e. The molecule has 0 radical (unpaired) electrons. The second kappa shape index (κ2) is 4.96. The minimum Gasteiger partial charge on any atom is -0.305 e. The molecule has 0 N–H and O–H groups in total. The lowest BCUT2D eigenvalue weighted by Gasteiger charge is -2.20. The highest BCUT2D eigenvalue weighted by atomic mass is 16.2. The van der Waals surface area contributed by atoms with Crippen LogP contribution in [0.4, 0.5) is 5.69 Å². The van der Waals surface area contributed by atoms with Gasteiger partial charge in [-0.25, -0.2) is 0 Å². The van der Waals surface area contributed by atoms with Crippen LogP contribution in [-0.4, -0.2) is 21.7 Å². The van der Waals surface area contributed by atoms with Crippen molar-refractivity contribution in [3.63, 3.8) is 0 Å². The predicted octanol–water partition coefficient (Wildman–Crippen LogP) is 2.41. The summed E-state index contributed by atoms with van der Waals surface area (Å²) in [6.07, 6.45) is 7.97. The fourth-order valence-corrected chi connectivity index (χ4v) is 2.68. The van der Waals surface area contributed by atoms with Gasteiger partial charge in [-0.15, -0.1) is 0 Å². The first kappa shape index (κ1) is 12.7.